The van der Waals surface area contributed by atoms with Crippen molar-refractivity contribution < 1.29 is 4.79 Å². The van der Waals surface area contributed by atoms with Crippen LogP contribution >= 0.6 is 0 Å². The van der Waals surface area contributed by atoms with E-state index in [0.717, 1.165) is 34.3 Å². The monoisotopic (exact) mass is 334 g/mol. The van der Waals surface area contributed by atoms with E-state index in [2.05, 4.69) is 42.9 Å². The third kappa shape index (κ3) is 4.66. The minimum atomic E-state index is 0.0146. The van der Waals surface area contributed by atoms with Gasteiger partial charge in [-0.3, -0.25) is 9.79 Å². The molecular weight excluding hydrogens is 308 g/mol. The number of nitrogens with one attached hydrogen (secondary N) is 1. The van der Waals surface area contributed by atoms with Crippen LogP contribution in [0.5, 0.6) is 0 Å². The predicted molar refractivity (Wildman–Crippen MR) is 108 cm³/mol. The van der Waals surface area contributed by atoms with E-state index in [1.807, 2.05) is 36.4 Å². The Morgan fingerprint density at radius 3 is 2.44 bits per heavy atom. The predicted octanol–water partition coefficient (Wildman–Crippen LogP) is 5.51. The molecule has 3 heteroatoms. The van der Waals surface area contributed by atoms with Crippen LogP contribution < -0.4 is 0 Å². The zero-order valence-electron chi connectivity index (χ0n) is 15.7. The number of Topliss-reactive ketones (excluding diaryl/α,β-unsaturated/α-hetero) is 1. The molecule has 0 bridgehead atoms. The van der Waals surface area contributed by atoms with Gasteiger partial charge in [0.15, 0.2) is 5.78 Å². The molecule has 2 aromatic rings. The first kappa shape index (κ1) is 18.7. The lowest BCUT2D eigenvalue weighted by molar-refractivity contribution is -0.111. The number of H-pyrrole nitrogens is 1. The second kappa shape index (κ2) is 8.43. The molecule has 3 nitrogen and oxygen atoms in total. The number of ketones is 1. The highest BCUT2D eigenvalue weighted by atomic mass is 16.1. The van der Waals surface area contributed by atoms with Crippen LogP contribution in [0.4, 0.5) is 0 Å². The van der Waals surface area contributed by atoms with Crippen LogP contribution in [0.15, 0.2) is 64.7 Å². The van der Waals surface area contributed by atoms with Crippen LogP contribution in [-0.4, -0.2) is 23.5 Å². The molecule has 0 saturated heterocycles. The third-order valence-corrected chi connectivity index (χ3v) is 3.89. The smallest absolute Gasteiger partial charge is 0.161 e. The molecule has 2 rings (SSSR count). The molecule has 25 heavy (non-hydrogen) atoms. The van der Waals surface area contributed by atoms with Gasteiger partial charge in [0.25, 0.3) is 0 Å². The molecule has 0 amide bonds. The molecule has 1 aromatic heterocycles. The Labute approximate surface area is 149 Å². The maximum Gasteiger partial charge on any atom is 0.161 e. The Morgan fingerprint density at radius 1 is 1.16 bits per heavy atom. The molecule has 1 N–H and O–H groups in total. The summed E-state index contributed by atoms with van der Waals surface area (Å²) in [6.07, 6.45) is 7.03. The number of benzene rings is 1. The Bertz CT molecular complexity index is 855. The minimum absolute atomic E-state index is 0.0146. The van der Waals surface area contributed by atoms with E-state index in [-0.39, 0.29) is 5.78 Å². The number of rotatable bonds is 6. The first-order chi connectivity index (χ1) is 12.0. The summed E-state index contributed by atoms with van der Waals surface area (Å²) in [4.78, 5) is 20.1. The molecule has 0 saturated carbocycles. The summed E-state index contributed by atoms with van der Waals surface area (Å²) in [5.41, 5.74) is 5.54. The standard InChI is InChI=1S/C22H26N2O/c1-6-9-17(12-15(2)3)21(23-5)14-19(16(4)25)22-13-18-10-7-8-11-20(18)24-22/h7-14,24H,6H2,1-5H3/b17-9+,19-14+,23-21?. The molecule has 0 aliphatic rings. The number of allylic oxidation sites excluding steroid dienone is 6. The number of aromatic nitrogens is 1. The van der Waals surface area contributed by atoms with Gasteiger partial charge >= 0.3 is 0 Å². The molecule has 0 radical (unpaired) electrons. The van der Waals surface area contributed by atoms with Crippen molar-refractivity contribution in [2.24, 2.45) is 4.99 Å². The fourth-order valence-corrected chi connectivity index (χ4v) is 2.77. The van der Waals surface area contributed by atoms with E-state index >= 15 is 0 Å². The third-order valence-electron chi connectivity index (χ3n) is 3.89. The summed E-state index contributed by atoms with van der Waals surface area (Å²) in [6.45, 7) is 7.81. The molecule has 0 fully saturated rings. The largest absolute Gasteiger partial charge is 0.354 e. The van der Waals surface area contributed by atoms with E-state index in [4.69, 9.17) is 0 Å². The molecule has 1 aromatic carbocycles. The fourth-order valence-electron chi connectivity index (χ4n) is 2.77. The maximum atomic E-state index is 12.3. The van der Waals surface area contributed by atoms with Crippen molar-refractivity contribution in [3.63, 3.8) is 0 Å². The molecule has 0 aliphatic heterocycles. The van der Waals surface area contributed by atoms with Crippen LogP contribution in [0.3, 0.4) is 0 Å². The molecule has 0 aliphatic carbocycles. The van der Waals surface area contributed by atoms with Gasteiger partial charge in [0.1, 0.15) is 0 Å². The lowest BCUT2D eigenvalue weighted by atomic mass is 10.0. The zero-order valence-corrected chi connectivity index (χ0v) is 15.7. The number of aromatic amines is 1. The Balaban J connectivity index is 2.55. The van der Waals surface area contributed by atoms with Crippen molar-refractivity contribution in [1.82, 2.24) is 4.98 Å². The van der Waals surface area contributed by atoms with E-state index in [9.17, 15) is 4.79 Å². The van der Waals surface area contributed by atoms with Crippen LogP contribution in [0, 0.1) is 0 Å². The summed E-state index contributed by atoms with van der Waals surface area (Å²) < 4.78 is 0. The molecule has 0 spiro atoms. The number of hydrogen-bond acceptors (Lipinski definition) is 2. The average molecular weight is 334 g/mol. The Hall–Kier alpha value is -2.68. The topological polar surface area (TPSA) is 45.2 Å². The highest BCUT2D eigenvalue weighted by Crippen LogP contribution is 2.22. The summed E-state index contributed by atoms with van der Waals surface area (Å²) in [6, 6.07) is 10.0. The van der Waals surface area contributed by atoms with Crippen LogP contribution in [0.2, 0.25) is 0 Å². The van der Waals surface area contributed by atoms with E-state index in [1.165, 1.54) is 5.57 Å². The van der Waals surface area contributed by atoms with Gasteiger partial charge in [0.05, 0.1) is 11.4 Å². The van der Waals surface area contributed by atoms with Crippen molar-refractivity contribution in [3.8, 4) is 0 Å². The van der Waals surface area contributed by atoms with Gasteiger partial charge in [0.2, 0.25) is 0 Å². The summed E-state index contributed by atoms with van der Waals surface area (Å²) in [7, 11) is 1.76. The van der Waals surface area contributed by atoms with Crippen molar-refractivity contribution in [2.45, 2.75) is 34.1 Å². The Kier molecular flexibility index (Phi) is 6.29. The highest BCUT2D eigenvalue weighted by molar-refractivity contribution is 6.27. The zero-order chi connectivity index (χ0) is 18.4. The van der Waals surface area contributed by atoms with Gasteiger partial charge in [-0.25, -0.2) is 0 Å². The Morgan fingerprint density at radius 2 is 1.88 bits per heavy atom. The van der Waals surface area contributed by atoms with E-state index in [0.29, 0.717) is 5.57 Å². The first-order valence-electron chi connectivity index (χ1n) is 8.59. The van der Waals surface area contributed by atoms with Crippen LogP contribution in [-0.2, 0) is 4.79 Å². The number of fused-ring (bicyclic) bond motifs is 1. The minimum Gasteiger partial charge on any atom is -0.354 e. The van der Waals surface area contributed by atoms with Crippen molar-refractivity contribution in [3.05, 3.63) is 65.4 Å². The number of carbonyl (C=O) groups excluding carboxylic acids is 1. The number of carbonyl (C=O) groups is 1. The van der Waals surface area contributed by atoms with Gasteiger partial charge in [-0.05, 0) is 51.0 Å². The van der Waals surface area contributed by atoms with Gasteiger partial charge in [-0.1, -0.05) is 42.8 Å². The van der Waals surface area contributed by atoms with E-state index < -0.39 is 0 Å². The fraction of sp³-hybridized carbons (Fsp3) is 0.273. The van der Waals surface area contributed by atoms with Gasteiger partial charge in [-0.2, -0.15) is 0 Å². The lowest BCUT2D eigenvalue weighted by Crippen LogP contribution is -2.04. The number of nitrogens with zero attached hydrogens (tertiary/aromatic N) is 1. The number of hydrogen-bond donors (Lipinski definition) is 1. The van der Waals surface area contributed by atoms with Gasteiger partial charge in [-0.15, -0.1) is 0 Å². The first-order valence-corrected chi connectivity index (χ1v) is 8.59. The number of aliphatic imine (C=N–C) groups is 1. The highest BCUT2D eigenvalue weighted by Gasteiger charge is 2.13. The quantitative estimate of drug-likeness (QED) is 0.422. The molecular formula is C22H26N2O. The number of para-hydroxylation sites is 1. The molecule has 130 valence electrons. The lowest BCUT2D eigenvalue weighted by Gasteiger charge is -2.07. The second-order valence-electron chi connectivity index (χ2n) is 6.28. The SMILES string of the molecule is CC/C=C(\C=C(C)C)C(/C=C(\C(C)=O)c1cc2ccccc2[nH]1)=NC. The van der Waals surface area contributed by atoms with E-state index in [1.54, 1.807) is 14.0 Å². The summed E-state index contributed by atoms with van der Waals surface area (Å²) >= 11 is 0. The van der Waals surface area contributed by atoms with Gasteiger partial charge in [0, 0.05) is 23.5 Å². The molecule has 1 heterocycles. The summed E-state index contributed by atoms with van der Waals surface area (Å²) in [5.74, 6) is 0.0146. The molecule has 0 unspecified atom stereocenters. The van der Waals surface area contributed by atoms with Crippen molar-refractivity contribution in [2.75, 3.05) is 7.05 Å². The van der Waals surface area contributed by atoms with Gasteiger partial charge < -0.3 is 4.98 Å². The molecule has 0 atom stereocenters. The van der Waals surface area contributed by atoms with Crippen molar-refractivity contribution >= 4 is 28.0 Å². The normalized spacial score (nSPS) is 13.2. The van der Waals surface area contributed by atoms with Crippen LogP contribution in [0.1, 0.15) is 39.8 Å². The maximum absolute atomic E-state index is 12.3. The van der Waals surface area contributed by atoms with Crippen LogP contribution in [0.25, 0.3) is 16.5 Å². The van der Waals surface area contributed by atoms with Crippen molar-refractivity contribution in [1.29, 1.82) is 0 Å². The summed E-state index contributed by atoms with van der Waals surface area (Å²) in [5, 5.41) is 1.09. The second-order valence-corrected chi connectivity index (χ2v) is 6.28. The average Bonchev–Trinajstić information content (AvgIpc) is 2.98.